The maximum atomic E-state index is 4.88. The minimum Gasteiger partial charge on any atom is -0.348 e. The van der Waals surface area contributed by atoms with Crippen molar-refractivity contribution in [3.8, 4) is 21.8 Å². The highest BCUT2D eigenvalue weighted by Crippen LogP contribution is 2.37. The van der Waals surface area contributed by atoms with Crippen LogP contribution in [0, 0.1) is 0 Å². The van der Waals surface area contributed by atoms with Gasteiger partial charge in [-0.2, -0.15) is 5.10 Å². The summed E-state index contributed by atoms with van der Waals surface area (Å²) in [6, 6.07) is 5.21. The van der Waals surface area contributed by atoms with Gasteiger partial charge in [-0.05, 0) is 32.9 Å². The van der Waals surface area contributed by atoms with E-state index in [1.54, 1.807) is 28.9 Å². The molecule has 7 nitrogen and oxygen atoms in total. The SMILES string of the molecule is CC1CC(N(C)c2nc3sc(-c4ccc(-c5cn[nH]c5)cn4)nc3s2)CCN1C.Cl. The van der Waals surface area contributed by atoms with Crippen LogP contribution >= 0.6 is 35.1 Å². The number of anilines is 1. The number of aromatic amines is 1. The van der Waals surface area contributed by atoms with Gasteiger partial charge >= 0.3 is 0 Å². The first kappa shape index (κ1) is 21.2. The fourth-order valence-electron chi connectivity index (χ4n) is 3.76. The average Bonchev–Trinajstić information content (AvgIpc) is 3.46. The molecule has 1 fully saturated rings. The summed E-state index contributed by atoms with van der Waals surface area (Å²) in [7, 11) is 4.38. The van der Waals surface area contributed by atoms with E-state index in [-0.39, 0.29) is 12.4 Å². The minimum atomic E-state index is 0. The van der Waals surface area contributed by atoms with Crippen LogP contribution in [0.3, 0.4) is 0 Å². The summed E-state index contributed by atoms with van der Waals surface area (Å²) in [5, 5.41) is 8.80. The van der Waals surface area contributed by atoms with E-state index in [1.807, 2.05) is 18.5 Å². The number of nitrogens with zero attached hydrogens (tertiary/aromatic N) is 6. The van der Waals surface area contributed by atoms with Crippen molar-refractivity contribution in [2.45, 2.75) is 31.8 Å². The molecule has 1 aliphatic rings. The standard InChI is InChI=1S/C20H23N7S2.ClH/c1-12-8-15(6-7-26(12)2)27(3)20-25-19-18(29-20)24-17(28-19)16-5-4-13(9-21-16)14-10-22-23-11-14;/h4-5,9-12,15H,6-8H2,1-3H3,(H,22,23);1H. The van der Waals surface area contributed by atoms with Crippen LogP contribution in [0.5, 0.6) is 0 Å². The molecular formula is C20H24ClN7S2. The zero-order chi connectivity index (χ0) is 20.0. The van der Waals surface area contributed by atoms with Crippen molar-refractivity contribution in [1.29, 1.82) is 0 Å². The molecule has 4 aromatic heterocycles. The van der Waals surface area contributed by atoms with Crippen LogP contribution in [0.25, 0.3) is 31.5 Å². The molecule has 158 valence electrons. The topological polar surface area (TPSA) is 73.8 Å². The number of aromatic nitrogens is 5. The summed E-state index contributed by atoms with van der Waals surface area (Å²) in [5.41, 5.74) is 2.95. The van der Waals surface area contributed by atoms with Crippen molar-refractivity contribution in [2.75, 3.05) is 25.5 Å². The number of likely N-dealkylation sites (tertiary alicyclic amines) is 1. The first-order chi connectivity index (χ1) is 14.1. The van der Waals surface area contributed by atoms with Crippen molar-refractivity contribution >= 4 is 49.9 Å². The highest BCUT2D eigenvalue weighted by atomic mass is 35.5. The molecule has 0 saturated carbocycles. The Bertz CT molecular complexity index is 1070. The molecule has 0 bridgehead atoms. The van der Waals surface area contributed by atoms with Gasteiger partial charge < -0.3 is 9.80 Å². The van der Waals surface area contributed by atoms with Gasteiger partial charge in [0.1, 0.15) is 5.01 Å². The van der Waals surface area contributed by atoms with E-state index in [1.165, 1.54) is 12.8 Å². The highest BCUT2D eigenvalue weighted by Gasteiger charge is 2.27. The third-order valence-electron chi connectivity index (χ3n) is 5.81. The maximum absolute atomic E-state index is 4.88. The zero-order valence-corrected chi connectivity index (χ0v) is 19.5. The predicted octanol–water partition coefficient (Wildman–Crippen LogP) is 4.55. The lowest BCUT2D eigenvalue weighted by atomic mass is 9.98. The van der Waals surface area contributed by atoms with Crippen molar-refractivity contribution in [1.82, 2.24) is 30.0 Å². The van der Waals surface area contributed by atoms with E-state index in [4.69, 9.17) is 9.97 Å². The molecule has 0 spiro atoms. The highest BCUT2D eigenvalue weighted by molar-refractivity contribution is 7.29. The first-order valence-electron chi connectivity index (χ1n) is 9.74. The van der Waals surface area contributed by atoms with Crippen molar-refractivity contribution in [3.63, 3.8) is 0 Å². The zero-order valence-electron chi connectivity index (χ0n) is 17.1. The molecule has 2 unspecified atom stereocenters. The number of rotatable bonds is 4. The Balaban J connectivity index is 0.00000218. The monoisotopic (exact) mass is 461 g/mol. The lowest BCUT2D eigenvalue weighted by molar-refractivity contribution is 0.181. The van der Waals surface area contributed by atoms with Gasteiger partial charge in [0.2, 0.25) is 0 Å². The average molecular weight is 462 g/mol. The summed E-state index contributed by atoms with van der Waals surface area (Å²) < 4.78 is 0. The second-order valence-corrected chi connectivity index (χ2v) is 9.60. The largest absolute Gasteiger partial charge is 0.348 e. The van der Waals surface area contributed by atoms with Crippen LogP contribution in [0.4, 0.5) is 5.13 Å². The Morgan fingerprint density at radius 2 is 1.97 bits per heavy atom. The fourth-order valence-corrected chi connectivity index (χ4v) is 5.81. The van der Waals surface area contributed by atoms with E-state index in [0.29, 0.717) is 12.1 Å². The number of H-pyrrole nitrogens is 1. The Hall–Kier alpha value is -2.07. The molecule has 30 heavy (non-hydrogen) atoms. The minimum absolute atomic E-state index is 0. The lowest BCUT2D eigenvalue weighted by Crippen LogP contribution is -2.46. The molecule has 2 atom stereocenters. The normalized spacial score (nSPS) is 19.7. The van der Waals surface area contributed by atoms with Crippen LogP contribution < -0.4 is 4.90 Å². The van der Waals surface area contributed by atoms with Crippen molar-refractivity contribution < 1.29 is 0 Å². The smallest absolute Gasteiger partial charge is 0.188 e. The van der Waals surface area contributed by atoms with Crippen LogP contribution in [-0.2, 0) is 0 Å². The van der Waals surface area contributed by atoms with E-state index in [9.17, 15) is 0 Å². The number of pyridine rings is 1. The van der Waals surface area contributed by atoms with E-state index < -0.39 is 0 Å². The second kappa shape index (κ2) is 8.58. The molecule has 4 aromatic rings. The summed E-state index contributed by atoms with van der Waals surface area (Å²) in [4.78, 5) is 21.1. The Kier molecular flexibility index (Phi) is 6.06. The predicted molar refractivity (Wildman–Crippen MR) is 127 cm³/mol. The van der Waals surface area contributed by atoms with Gasteiger partial charge in [-0.1, -0.05) is 28.7 Å². The number of piperidine rings is 1. The van der Waals surface area contributed by atoms with E-state index in [0.717, 1.165) is 43.2 Å². The third kappa shape index (κ3) is 3.94. The van der Waals surface area contributed by atoms with Crippen LogP contribution in [0.15, 0.2) is 30.7 Å². The quantitative estimate of drug-likeness (QED) is 0.480. The second-order valence-electron chi connectivity index (χ2n) is 7.66. The lowest BCUT2D eigenvalue weighted by Gasteiger charge is -2.39. The first-order valence-corrected chi connectivity index (χ1v) is 11.4. The number of hydrogen-bond acceptors (Lipinski definition) is 8. The number of halogens is 1. The molecule has 0 aliphatic carbocycles. The number of nitrogens with one attached hydrogen (secondary N) is 1. The third-order valence-corrected chi connectivity index (χ3v) is 7.95. The molecule has 0 amide bonds. The summed E-state index contributed by atoms with van der Waals surface area (Å²) in [5.74, 6) is 0. The van der Waals surface area contributed by atoms with Crippen LogP contribution in [-0.4, -0.2) is 62.8 Å². The fraction of sp³-hybridized carbons (Fsp3) is 0.400. The molecule has 10 heteroatoms. The van der Waals surface area contributed by atoms with Gasteiger partial charge in [0.25, 0.3) is 0 Å². The van der Waals surface area contributed by atoms with Gasteiger partial charge in [0.15, 0.2) is 14.8 Å². The maximum Gasteiger partial charge on any atom is 0.188 e. The summed E-state index contributed by atoms with van der Waals surface area (Å²) in [6.45, 7) is 3.44. The van der Waals surface area contributed by atoms with E-state index in [2.05, 4.69) is 52.1 Å². The van der Waals surface area contributed by atoms with E-state index >= 15 is 0 Å². The van der Waals surface area contributed by atoms with Crippen molar-refractivity contribution in [2.24, 2.45) is 0 Å². The summed E-state index contributed by atoms with van der Waals surface area (Å²) in [6.07, 6.45) is 7.87. The molecule has 1 saturated heterocycles. The van der Waals surface area contributed by atoms with Gasteiger partial charge in [-0.15, -0.1) is 12.4 Å². The number of thiazole rings is 2. The van der Waals surface area contributed by atoms with Crippen molar-refractivity contribution in [3.05, 3.63) is 30.7 Å². The Morgan fingerprint density at radius 3 is 2.63 bits per heavy atom. The molecule has 5 heterocycles. The Morgan fingerprint density at radius 1 is 1.13 bits per heavy atom. The van der Waals surface area contributed by atoms with Crippen LogP contribution in [0.1, 0.15) is 19.8 Å². The number of fused-ring (bicyclic) bond motifs is 1. The van der Waals surface area contributed by atoms with Gasteiger partial charge in [-0.3, -0.25) is 10.1 Å². The molecule has 1 N–H and O–H groups in total. The molecule has 5 rings (SSSR count). The van der Waals surface area contributed by atoms with Gasteiger partial charge in [0.05, 0.1) is 11.9 Å². The number of hydrogen-bond donors (Lipinski definition) is 1. The molecule has 0 radical (unpaired) electrons. The van der Waals surface area contributed by atoms with Crippen LogP contribution in [0.2, 0.25) is 0 Å². The Labute approximate surface area is 189 Å². The molecular weight excluding hydrogens is 438 g/mol. The van der Waals surface area contributed by atoms with Gasteiger partial charge in [0, 0.05) is 49.2 Å². The molecule has 1 aliphatic heterocycles. The summed E-state index contributed by atoms with van der Waals surface area (Å²) >= 11 is 3.29. The molecule has 0 aromatic carbocycles. The van der Waals surface area contributed by atoms with Gasteiger partial charge in [-0.25, -0.2) is 9.97 Å².